The Kier molecular flexibility index (Phi) is 7.19. The Hall–Kier alpha value is -3.19. The molecule has 3 rings (SSSR count). The van der Waals surface area contributed by atoms with Crippen LogP contribution in [0, 0.1) is 12.8 Å². The molecule has 0 radical (unpaired) electrons. The lowest BCUT2D eigenvalue weighted by Crippen LogP contribution is -2.47. The number of rotatable bonds is 7. The van der Waals surface area contributed by atoms with Gasteiger partial charge in [0.25, 0.3) is 0 Å². The van der Waals surface area contributed by atoms with Crippen LogP contribution in [0.3, 0.4) is 0 Å². The van der Waals surface area contributed by atoms with Crippen molar-refractivity contribution < 1.29 is 14.3 Å². The summed E-state index contributed by atoms with van der Waals surface area (Å²) >= 11 is 1.50. The van der Waals surface area contributed by atoms with Gasteiger partial charge in [-0.25, -0.2) is 14.6 Å². The molecule has 0 aliphatic heterocycles. The van der Waals surface area contributed by atoms with Crippen LogP contribution in [0.25, 0.3) is 10.6 Å². The summed E-state index contributed by atoms with van der Waals surface area (Å²) in [6, 6.07) is 16.0. The maximum absolute atomic E-state index is 12.6. The summed E-state index contributed by atoms with van der Waals surface area (Å²) in [6.07, 6.45) is 0. The minimum atomic E-state index is -0.760. The molecule has 0 aliphatic rings. The summed E-state index contributed by atoms with van der Waals surface area (Å²) < 4.78 is 5.43. The number of nitrogens with one attached hydrogen (secondary N) is 2. The Bertz CT molecular complexity index is 984. The third-order valence-electron chi connectivity index (χ3n) is 4.45. The molecule has 0 spiro atoms. The van der Waals surface area contributed by atoms with E-state index >= 15 is 0 Å². The standard InChI is InChI=1S/C23H25N3O3S/c1-15(2)20(26-23(28)25-18-7-5-4-6-8-18)22(27)29-13-19-14-30-21(24-19)17-11-9-16(3)10-12-17/h4-12,14-15,20H,13H2,1-3H3,(H2,25,26,28)/t20-/m1/s1. The van der Waals surface area contributed by atoms with E-state index in [1.54, 1.807) is 12.1 Å². The van der Waals surface area contributed by atoms with Crippen molar-refractivity contribution in [2.45, 2.75) is 33.4 Å². The monoisotopic (exact) mass is 423 g/mol. The van der Waals surface area contributed by atoms with Gasteiger partial charge in [-0.1, -0.05) is 61.9 Å². The fraction of sp³-hybridized carbons (Fsp3) is 0.261. The third kappa shape index (κ3) is 5.90. The molecule has 6 nitrogen and oxygen atoms in total. The number of benzene rings is 2. The van der Waals surface area contributed by atoms with Crippen LogP contribution in [0.15, 0.2) is 60.0 Å². The van der Waals surface area contributed by atoms with E-state index in [0.29, 0.717) is 11.4 Å². The highest BCUT2D eigenvalue weighted by Crippen LogP contribution is 2.24. The third-order valence-corrected chi connectivity index (χ3v) is 5.39. The van der Waals surface area contributed by atoms with E-state index in [9.17, 15) is 9.59 Å². The number of carbonyl (C=O) groups excluding carboxylic acids is 2. The van der Waals surface area contributed by atoms with Crippen LogP contribution >= 0.6 is 11.3 Å². The number of nitrogens with zero attached hydrogens (tertiary/aromatic N) is 1. The van der Waals surface area contributed by atoms with E-state index in [1.165, 1.54) is 16.9 Å². The molecular weight excluding hydrogens is 398 g/mol. The number of anilines is 1. The Balaban J connectivity index is 1.56. The normalized spacial score (nSPS) is 11.7. The lowest BCUT2D eigenvalue weighted by molar-refractivity contribution is -0.148. The van der Waals surface area contributed by atoms with Crippen molar-refractivity contribution in [1.82, 2.24) is 10.3 Å². The predicted molar refractivity (Wildman–Crippen MR) is 119 cm³/mol. The van der Waals surface area contributed by atoms with Gasteiger partial charge in [0.05, 0.1) is 5.69 Å². The lowest BCUT2D eigenvalue weighted by atomic mass is 10.1. The molecule has 2 N–H and O–H groups in total. The van der Waals surface area contributed by atoms with Gasteiger partial charge in [-0.15, -0.1) is 11.3 Å². The number of aryl methyl sites for hydroxylation is 1. The van der Waals surface area contributed by atoms with Crippen LogP contribution in [-0.2, 0) is 16.1 Å². The van der Waals surface area contributed by atoms with Gasteiger partial charge in [0.2, 0.25) is 0 Å². The lowest BCUT2D eigenvalue weighted by Gasteiger charge is -2.21. The maximum Gasteiger partial charge on any atom is 0.329 e. The van der Waals surface area contributed by atoms with Gasteiger partial charge in [0.15, 0.2) is 0 Å². The first-order chi connectivity index (χ1) is 14.4. The molecule has 7 heteroatoms. The summed E-state index contributed by atoms with van der Waals surface area (Å²) in [4.78, 5) is 29.4. The van der Waals surface area contributed by atoms with Crippen molar-refractivity contribution in [1.29, 1.82) is 0 Å². The highest BCUT2D eigenvalue weighted by atomic mass is 32.1. The minimum Gasteiger partial charge on any atom is -0.458 e. The van der Waals surface area contributed by atoms with Crippen LogP contribution in [0.5, 0.6) is 0 Å². The van der Waals surface area contributed by atoms with E-state index in [1.807, 2.05) is 68.6 Å². The van der Waals surface area contributed by atoms with Crippen molar-refractivity contribution in [3.8, 4) is 10.6 Å². The number of amides is 2. The van der Waals surface area contributed by atoms with Gasteiger partial charge in [-0.05, 0) is 25.0 Å². The molecule has 0 fully saturated rings. The molecule has 156 valence electrons. The van der Waals surface area contributed by atoms with Gasteiger partial charge >= 0.3 is 12.0 Å². The number of carbonyl (C=O) groups is 2. The van der Waals surface area contributed by atoms with Crippen molar-refractivity contribution in [3.63, 3.8) is 0 Å². The molecule has 30 heavy (non-hydrogen) atoms. The molecule has 2 aromatic carbocycles. The predicted octanol–water partition coefficient (Wildman–Crippen LogP) is 5.01. The number of thiazole rings is 1. The first-order valence-corrected chi connectivity index (χ1v) is 10.6. The number of aromatic nitrogens is 1. The molecule has 0 saturated heterocycles. The highest BCUT2D eigenvalue weighted by Gasteiger charge is 2.26. The van der Waals surface area contributed by atoms with E-state index in [4.69, 9.17) is 4.74 Å². The molecule has 0 unspecified atom stereocenters. The molecule has 2 amide bonds. The molecule has 0 saturated carbocycles. The van der Waals surface area contributed by atoms with E-state index < -0.39 is 18.0 Å². The number of hydrogen-bond acceptors (Lipinski definition) is 5. The zero-order valence-electron chi connectivity index (χ0n) is 17.2. The number of ether oxygens (including phenoxy) is 1. The Morgan fingerprint density at radius 3 is 2.43 bits per heavy atom. The SMILES string of the molecule is Cc1ccc(-c2nc(COC(=O)[C@H](NC(=O)Nc3ccccc3)C(C)C)cs2)cc1. The number of para-hydroxylation sites is 1. The highest BCUT2D eigenvalue weighted by molar-refractivity contribution is 7.13. The van der Waals surface area contributed by atoms with Crippen molar-refractivity contribution >= 4 is 29.0 Å². The zero-order chi connectivity index (χ0) is 21.5. The largest absolute Gasteiger partial charge is 0.458 e. The average Bonchev–Trinajstić information content (AvgIpc) is 3.20. The number of urea groups is 1. The molecule has 1 heterocycles. The van der Waals surface area contributed by atoms with Crippen LogP contribution in [0.4, 0.5) is 10.5 Å². The number of hydrogen-bond donors (Lipinski definition) is 2. The number of esters is 1. The summed E-state index contributed by atoms with van der Waals surface area (Å²) in [5, 5.41) is 8.16. The second-order valence-corrected chi connectivity index (χ2v) is 8.16. The molecule has 0 bridgehead atoms. The van der Waals surface area contributed by atoms with Gasteiger partial charge in [-0.2, -0.15) is 0 Å². The second-order valence-electron chi connectivity index (χ2n) is 7.30. The van der Waals surface area contributed by atoms with Gasteiger partial charge in [-0.3, -0.25) is 0 Å². The summed E-state index contributed by atoms with van der Waals surface area (Å²) in [6.45, 7) is 5.81. The average molecular weight is 424 g/mol. The topological polar surface area (TPSA) is 80.3 Å². The molecule has 1 atom stereocenters. The molecule has 3 aromatic rings. The summed E-state index contributed by atoms with van der Waals surface area (Å²) in [5.41, 5.74) is 3.55. The summed E-state index contributed by atoms with van der Waals surface area (Å²) in [7, 11) is 0. The van der Waals surface area contributed by atoms with Crippen LogP contribution in [0.2, 0.25) is 0 Å². The molecule has 1 aromatic heterocycles. The van der Waals surface area contributed by atoms with Crippen molar-refractivity contribution in [3.05, 3.63) is 71.2 Å². The summed E-state index contributed by atoms with van der Waals surface area (Å²) in [5.74, 6) is -0.615. The van der Waals surface area contributed by atoms with Crippen molar-refractivity contribution in [2.75, 3.05) is 5.32 Å². The first kappa shape index (κ1) is 21.5. The quantitative estimate of drug-likeness (QED) is 0.524. The van der Waals surface area contributed by atoms with Crippen molar-refractivity contribution in [2.24, 2.45) is 5.92 Å². The molecule has 0 aliphatic carbocycles. The zero-order valence-corrected chi connectivity index (χ0v) is 18.0. The minimum absolute atomic E-state index is 0.0619. The Morgan fingerprint density at radius 2 is 1.77 bits per heavy atom. The second kappa shape index (κ2) is 10.0. The maximum atomic E-state index is 12.6. The van der Waals surface area contributed by atoms with Crippen LogP contribution in [-0.4, -0.2) is 23.0 Å². The fourth-order valence-electron chi connectivity index (χ4n) is 2.76. The van der Waals surface area contributed by atoms with Crippen LogP contribution in [0.1, 0.15) is 25.1 Å². The van der Waals surface area contributed by atoms with Gasteiger partial charge in [0.1, 0.15) is 17.7 Å². The van der Waals surface area contributed by atoms with E-state index in [0.717, 1.165) is 10.6 Å². The van der Waals surface area contributed by atoms with E-state index in [-0.39, 0.29) is 12.5 Å². The van der Waals surface area contributed by atoms with Gasteiger partial charge < -0.3 is 15.4 Å². The fourth-order valence-corrected chi connectivity index (χ4v) is 3.58. The van der Waals surface area contributed by atoms with E-state index in [2.05, 4.69) is 15.6 Å². The van der Waals surface area contributed by atoms with Crippen LogP contribution < -0.4 is 10.6 Å². The Labute approximate surface area is 180 Å². The smallest absolute Gasteiger partial charge is 0.329 e. The first-order valence-electron chi connectivity index (χ1n) is 9.73. The Morgan fingerprint density at radius 1 is 1.07 bits per heavy atom. The molecular formula is C23H25N3O3S. The van der Waals surface area contributed by atoms with Gasteiger partial charge in [0, 0.05) is 16.6 Å².